The Morgan fingerprint density at radius 2 is 2.00 bits per heavy atom. The smallest absolute Gasteiger partial charge is 0.254 e. The Bertz CT molecular complexity index is 498. The fraction of sp³-hybridized carbons (Fsp3) is 0.667. The molecule has 1 aromatic heterocycles. The summed E-state index contributed by atoms with van der Waals surface area (Å²) in [5.74, 6) is 1.00. The van der Waals surface area contributed by atoms with Crippen LogP contribution in [0.25, 0.3) is 0 Å². The van der Waals surface area contributed by atoms with Gasteiger partial charge in [0, 0.05) is 32.8 Å². The van der Waals surface area contributed by atoms with E-state index in [1.807, 2.05) is 6.07 Å². The number of anilines is 2. The second kappa shape index (κ2) is 8.19. The highest BCUT2D eigenvalue weighted by Gasteiger charge is 2.23. The van der Waals surface area contributed by atoms with Crippen LogP contribution in [0.5, 0.6) is 0 Å². The van der Waals surface area contributed by atoms with Crippen molar-refractivity contribution in [3.8, 4) is 0 Å². The summed E-state index contributed by atoms with van der Waals surface area (Å²) < 4.78 is 10.7. The molecule has 2 fully saturated rings. The minimum absolute atomic E-state index is 0.148. The van der Waals surface area contributed by atoms with Crippen LogP contribution in [-0.4, -0.2) is 73.1 Å². The number of rotatable bonds is 6. The van der Waals surface area contributed by atoms with Crippen molar-refractivity contribution < 1.29 is 14.3 Å². The minimum atomic E-state index is -0.358. The zero-order valence-electron chi connectivity index (χ0n) is 13.2. The van der Waals surface area contributed by atoms with E-state index in [0.29, 0.717) is 18.2 Å². The largest absolute Gasteiger partial charge is 0.379 e. The lowest BCUT2D eigenvalue weighted by atomic mass is 10.2. The van der Waals surface area contributed by atoms with Gasteiger partial charge in [-0.2, -0.15) is 0 Å². The van der Waals surface area contributed by atoms with Gasteiger partial charge >= 0.3 is 0 Å². The quantitative estimate of drug-likeness (QED) is 0.781. The average molecular weight is 321 g/mol. The first kappa shape index (κ1) is 16.1. The molecule has 126 valence electrons. The van der Waals surface area contributed by atoms with Crippen LogP contribution < -0.4 is 10.6 Å². The van der Waals surface area contributed by atoms with E-state index >= 15 is 0 Å². The maximum Gasteiger partial charge on any atom is 0.254 e. The number of carbonyl (C=O) groups is 1. The van der Waals surface area contributed by atoms with E-state index < -0.39 is 0 Å². The molecule has 8 heteroatoms. The van der Waals surface area contributed by atoms with E-state index in [2.05, 4.69) is 25.7 Å². The Balaban J connectivity index is 1.40. The molecule has 1 unspecified atom stereocenters. The normalized spacial score (nSPS) is 22.0. The monoisotopic (exact) mass is 321 g/mol. The molecule has 2 N–H and O–H groups in total. The highest BCUT2D eigenvalue weighted by atomic mass is 16.5. The summed E-state index contributed by atoms with van der Waals surface area (Å²) in [5.41, 5.74) is 0. The number of nitrogens with one attached hydrogen (secondary N) is 2. The second-order valence-corrected chi connectivity index (χ2v) is 5.68. The summed E-state index contributed by atoms with van der Waals surface area (Å²) >= 11 is 0. The standard InChI is InChI=1S/C15H23N5O3/c21-15(12-2-1-9-23-12)17-14-4-3-13(18-19-14)16-5-6-20-7-10-22-11-8-20/h3-4,12H,1-2,5-11H2,(H,16,18)(H,17,19,21). The number of aromatic nitrogens is 2. The maximum atomic E-state index is 11.9. The van der Waals surface area contributed by atoms with Crippen molar-refractivity contribution in [2.45, 2.75) is 18.9 Å². The summed E-state index contributed by atoms with van der Waals surface area (Å²) in [7, 11) is 0. The zero-order valence-corrected chi connectivity index (χ0v) is 13.2. The van der Waals surface area contributed by atoms with Gasteiger partial charge in [0.1, 0.15) is 11.9 Å². The third-order valence-corrected chi connectivity index (χ3v) is 3.98. The van der Waals surface area contributed by atoms with E-state index in [-0.39, 0.29) is 12.0 Å². The fourth-order valence-electron chi connectivity index (χ4n) is 2.65. The molecule has 3 rings (SSSR count). The molecule has 0 bridgehead atoms. The first-order valence-electron chi connectivity index (χ1n) is 8.11. The number of amides is 1. The molecule has 1 aromatic rings. The zero-order chi connectivity index (χ0) is 15.9. The van der Waals surface area contributed by atoms with E-state index in [9.17, 15) is 4.79 Å². The van der Waals surface area contributed by atoms with Crippen molar-refractivity contribution in [3.63, 3.8) is 0 Å². The van der Waals surface area contributed by atoms with E-state index in [0.717, 1.165) is 52.2 Å². The number of carbonyl (C=O) groups excluding carboxylic acids is 1. The maximum absolute atomic E-state index is 11.9. The lowest BCUT2D eigenvalue weighted by Crippen LogP contribution is -2.39. The number of ether oxygens (including phenoxy) is 2. The van der Waals surface area contributed by atoms with Crippen molar-refractivity contribution in [1.82, 2.24) is 15.1 Å². The van der Waals surface area contributed by atoms with Crippen LogP contribution in [0, 0.1) is 0 Å². The predicted molar refractivity (Wildman–Crippen MR) is 85.4 cm³/mol. The first-order valence-corrected chi connectivity index (χ1v) is 8.11. The summed E-state index contributed by atoms with van der Waals surface area (Å²) in [5, 5.41) is 14.1. The molecule has 0 aromatic carbocycles. The van der Waals surface area contributed by atoms with E-state index in [4.69, 9.17) is 9.47 Å². The predicted octanol–water partition coefficient (Wildman–Crippen LogP) is 0.338. The molecule has 1 atom stereocenters. The summed E-state index contributed by atoms with van der Waals surface area (Å²) in [4.78, 5) is 14.3. The molecule has 0 saturated carbocycles. The fourth-order valence-corrected chi connectivity index (χ4v) is 2.65. The van der Waals surface area contributed by atoms with Crippen LogP contribution >= 0.6 is 0 Å². The number of morpholine rings is 1. The highest BCUT2D eigenvalue weighted by Crippen LogP contribution is 2.14. The molecule has 2 aliphatic heterocycles. The van der Waals surface area contributed by atoms with E-state index in [1.165, 1.54) is 0 Å². The third kappa shape index (κ3) is 4.85. The van der Waals surface area contributed by atoms with E-state index in [1.54, 1.807) is 6.07 Å². The van der Waals surface area contributed by atoms with Crippen LogP contribution in [-0.2, 0) is 14.3 Å². The second-order valence-electron chi connectivity index (χ2n) is 5.68. The summed E-state index contributed by atoms with van der Waals surface area (Å²) in [6.07, 6.45) is 1.33. The van der Waals surface area contributed by atoms with Gasteiger partial charge in [-0.05, 0) is 25.0 Å². The van der Waals surface area contributed by atoms with Crippen molar-refractivity contribution in [2.75, 3.05) is 56.6 Å². The Kier molecular flexibility index (Phi) is 5.73. The first-order chi connectivity index (χ1) is 11.3. The molecule has 0 radical (unpaired) electrons. The molecule has 8 nitrogen and oxygen atoms in total. The van der Waals surface area contributed by atoms with Crippen LogP contribution in [0.1, 0.15) is 12.8 Å². The number of hydrogen-bond donors (Lipinski definition) is 2. The van der Waals surface area contributed by atoms with Gasteiger partial charge in [0.05, 0.1) is 13.2 Å². The van der Waals surface area contributed by atoms with Gasteiger partial charge in [-0.15, -0.1) is 10.2 Å². The van der Waals surface area contributed by atoms with Gasteiger partial charge in [0.2, 0.25) is 0 Å². The molecule has 1 amide bonds. The van der Waals surface area contributed by atoms with Gasteiger partial charge in [-0.1, -0.05) is 0 Å². The number of nitrogens with zero attached hydrogens (tertiary/aromatic N) is 3. The Morgan fingerprint density at radius 3 is 2.70 bits per heavy atom. The average Bonchev–Trinajstić information content (AvgIpc) is 3.12. The Morgan fingerprint density at radius 1 is 1.22 bits per heavy atom. The third-order valence-electron chi connectivity index (χ3n) is 3.98. The van der Waals surface area contributed by atoms with Crippen LogP contribution in [0.15, 0.2) is 12.1 Å². The Labute approximate surface area is 135 Å². The van der Waals surface area contributed by atoms with Crippen molar-refractivity contribution in [2.24, 2.45) is 0 Å². The van der Waals surface area contributed by atoms with Crippen molar-refractivity contribution in [1.29, 1.82) is 0 Å². The lowest BCUT2D eigenvalue weighted by Gasteiger charge is -2.26. The van der Waals surface area contributed by atoms with Crippen LogP contribution in [0.2, 0.25) is 0 Å². The molecular formula is C15H23N5O3. The molecule has 3 heterocycles. The molecule has 0 aliphatic carbocycles. The molecule has 23 heavy (non-hydrogen) atoms. The molecule has 2 saturated heterocycles. The summed E-state index contributed by atoms with van der Waals surface area (Å²) in [6.45, 7) is 5.95. The van der Waals surface area contributed by atoms with Gasteiger partial charge < -0.3 is 20.1 Å². The molecular weight excluding hydrogens is 298 g/mol. The van der Waals surface area contributed by atoms with Crippen molar-refractivity contribution in [3.05, 3.63) is 12.1 Å². The van der Waals surface area contributed by atoms with Crippen LogP contribution in [0.4, 0.5) is 11.6 Å². The van der Waals surface area contributed by atoms with Gasteiger partial charge in [-0.25, -0.2) is 0 Å². The highest BCUT2D eigenvalue weighted by molar-refractivity contribution is 5.93. The lowest BCUT2D eigenvalue weighted by molar-refractivity contribution is -0.124. The number of hydrogen-bond acceptors (Lipinski definition) is 7. The van der Waals surface area contributed by atoms with Gasteiger partial charge in [-0.3, -0.25) is 9.69 Å². The van der Waals surface area contributed by atoms with Crippen LogP contribution in [0.3, 0.4) is 0 Å². The SMILES string of the molecule is O=C(Nc1ccc(NCCN2CCOCC2)nn1)C1CCCO1. The van der Waals surface area contributed by atoms with Crippen molar-refractivity contribution >= 4 is 17.5 Å². The van der Waals surface area contributed by atoms with Gasteiger partial charge in [0.25, 0.3) is 5.91 Å². The molecule has 0 spiro atoms. The van der Waals surface area contributed by atoms with Gasteiger partial charge in [0.15, 0.2) is 5.82 Å². The minimum Gasteiger partial charge on any atom is -0.379 e. The topological polar surface area (TPSA) is 88.6 Å². The Hall–Kier alpha value is -1.77. The molecule has 2 aliphatic rings. The summed E-state index contributed by atoms with van der Waals surface area (Å²) in [6, 6.07) is 3.56.